The summed E-state index contributed by atoms with van der Waals surface area (Å²) in [4.78, 5) is 5.34. The van der Waals surface area contributed by atoms with Crippen LogP contribution in [0.2, 0.25) is 0 Å². The zero-order chi connectivity index (χ0) is 33.0. The molecule has 9 rings (SSSR count). The minimum Gasteiger partial charge on any atom is -0.309 e. The predicted octanol–water partition coefficient (Wildman–Crippen LogP) is 8.07. The molecule has 0 saturated heterocycles. The zero-order valence-corrected chi connectivity index (χ0v) is 28.2. The summed E-state index contributed by atoms with van der Waals surface area (Å²) >= 11 is 0. The highest BCUT2D eigenvalue weighted by Crippen LogP contribution is 2.46. The van der Waals surface area contributed by atoms with Crippen molar-refractivity contribution >= 4 is 84.5 Å². The van der Waals surface area contributed by atoms with Crippen molar-refractivity contribution in [3.8, 4) is 0 Å². The van der Waals surface area contributed by atoms with Crippen molar-refractivity contribution in [3.63, 3.8) is 0 Å². The van der Waals surface area contributed by atoms with Crippen LogP contribution in [0.4, 0.5) is 0 Å². The van der Waals surface area contributed by atoms with Gasteiger partial charge in [-0.3, -0.25) is 4.40 Å². The number of hydrogen-bond acceptors (Lipinski definition) is 3. The van der Waals surface area contributed by atoms with Crippen LogP contribution in [0.1, 0.15) is 0 Å². The number of aromatic nitrogens is 2. The molecular weight excluding hydrogens is 638 g/mol. The molecule has 2 heterocycles. The van der Waals surface area contributed by atoms with Crippen LogP contribution >= 0.6 is 14.3 Å². The molecular formula is C43H30N2O2P2. The molecule has 0 unspecified atom stereocenters. The zero-order valence-electron chi connectivity index (χ0n) is 26.4. The molecule has 234 valence electrons. The van der Waals surface area contributed by atoms with E-state index in [-0.39, 0.29) is 0 Å². The predicted molar refractivity (Wildman–Crippen MR) is 206 cm³/mol. The van der Waals surface area contributed by atoms with Crippen LogP contribution in [0.15, 0.2) is 182 Å². The summed E-state index contributed by atoms with van der Waals surface area (Å²) in [5.74, 6) is 0. The van der Waals surface area contributed by atoms with Crippen molar-refractivity contribution in [1.82, 2.24) is 9.38 Å². The maximum atomic E-state index is 15.6. The maximum Gasteiger partial charge on any atom is 0.173 e. The van der Waals surface area contributed by atoms with Gasteiger partial charge in [0.15, 0.2) is 14.3 Å². The smallest absolute Gasteiger partial charge is 0.173 e. The molecule has 0 fully saturated rings. The third kappa shape index (κ3) is 4.49. The monoisotopic (exact) mass is 668 g/mol. The molecule has 0 atom stereocenters. The summed E-state index contributed by atoms with van der Waals surface area (Å²) < 4.78 is 33.3. The van der Waals surface area contributed by atoms with Gasteiger partial charge in [-0.1, -0.05) is 164 Å². The molecule has 4 nitrogen and oxygen atoms in total. The molecule has 0 saturated carbocycles. The first-order chi connectivity index (χ1) is 24.1. The first kappa shape index (κ1) is 29.6. The number of nitrogens with zero attached hydrogens (tertiary/aromatic N) is 2. The summed E-state index contributed by atoms with van der Waals surface area (Å²) in [7, 11) is -6.59. The van der Waals surface area contributed by atoms with E-state index in [2.05, 4.69) is 28.7 Å². The Morgan fingerprint density at radius 3 is 1.43 bits per heavy atom. The Labute approximate surface area is 284 Å². The first-order valence-electron chi connectivity index (χ1n) is 16.3. The Balaban J connectivity index is 1.41. The quantitative estimate of drug-likeness (QED) is 0.133. The van der Waals surface area contributed by atoms with Gasteiger partial charge in [-0.25, -0.2) is 4.98 Å². The van der Waals surface area contributed by atoms with Gasteiger partial charge >= 0.3 is 0 Å². The van der Waals surface area contributed by atoms with Crippen LogP contribution in [-0.4, -0.2) is 9.38 Å². The number of fused-ring (bicyclic) bond motifs is 8. The van der Waals surface area contributed by atoms with Gasteiger partial charge in [0.05, 0.1) is 11.0 Å². The van der Waals surface area contributed by atoms with E-state index in [1.54, 1.807) is 0 Å². The standard InChI is InChI=1S/C43H30N2O2P2/c46-48(31-16-5-1-6-17-31,32-18-7-2-8-19-32)35-28-29-37-36-24-13-14-25-38(36)43-44-42-39(45(43)40(37)30-35)26-15-27-41(42)49(47,33-20-9-3-10-21-33)34-22-11-4-12-23-34/h1-30H. The largest absolute Gasteiger partial charge is 0.309 e. The van der Waals surface area contributed by atoms with E-state index in [9.17, 15) is 0 Å². The van der Waals surface area contributed by atoms with Gasteiger partial charge in [0.1, 0.15) is 11.2 Å². The Morgan fingerprint density at radius 1 is 0.388 bits per heavy atom. The van der Waals surface area contributed by atoms with Gasteiger partial charge in [-0.2, -0.15) is 0 Å². The summed E-state index contributed by atoms with van der Waals surface area (Å²) in [6.45, 7) is 0. The molecule has 0 spiro atoms. The van der Waals surface area contributed by atoms with Crippen LogP contribution in [0.25, 0.3) is 38.4 Å². The topological polar surface area (TPSA) is 51.4 Å². The van der Waals surface area contributed by atoms with Crippen molar-refractivity contribution in [2.75, 3.05) is 0 Å². The van der Waals surface area contributed by atoms with Crippen LogP contribution < -0.4 is 31.8 Å². The lowest BCUT2D eigenvalue weighted by molar-refractivity contribution is 0.591. The number of hydrogen-bond donors (Lipinski definition) is 0. The average Bonchev–Trinajstić information content (AvgIpc) is 3.59. The van der Waals surface area contributed by atoms with Gasteiger partial charge in [-0.15, -0.1) is 0 Å². The van der Waals surface area contributed by atoms with Crippen LogP contribution in [0.5, 0.6) is 0 Å². The van der Waals surface area contributed by atoms with Crippen molar-refractivity contribution < 1.29 is 9.13 Å². The highest BCUT2D eigenvalue weighted by Gasteiger charge is 2.34. The van der Waals surface area contributed by atoms with E-state index in [1.165, 1.54) is 0 Å². The summed E-state index contributed by atoms with van der Waals surface area (Å²) in [6.07, 6.45) is 0. The van der Waals surface area contributed by atoms with Gasteiger partial charge < -0.3 is 9.13 Å². The average molecular weight is 669 g/mol. The third-order valence-electron chi connectivity index (χ3n) is 9.53. The molecule has 0 radical (unpaired) electrons. The summed E-state index contributed by atoms with van der Waals surface area (Å²) in [5, 5.41) is 7.58. The fourth-order valence-corrected chi connectivity index (χ4v) is 12.7. The maximum absolute atomic E-state index is 15.6. The summed E-state index contributed by atoms with van der Waals surface area (Å²) in [5.41, 5.74) is 3.20. The lowest BCUT2D eigenvalue weighted by Gasteiger charge is -2.21. The molecule has 2 aromatic heterocycles. The number of benzene rings is 7. The molecule has 0 bridgehead atoms. The first-order valence-corrected chi connectivity index (χ1v) is 19.7. The molecule has 0 aliphatic heterocycles. The van der Waals surface area contributed by atoms with Gasteiger partial charge in [0, 0.05) is 42.6 Å². The SMILES string of the molecule is O=P(c1ccccc1)(c1ccccc1)c1ccc2c3ccccc3c3nc4c(P(=O)(c5ccccc5)c5ccccc5)cccc4n3c2c1. The van der Waals surface area contributed by atoms with Crippen molar-refractivity contribution in [2.45, 2.75) is 0 Å². The minimum atomic E-state index is -3.33. The molecule has 0 N–H and O–H groups in total. The van der Waals surface area contributed by atoms with Gasteiger partial charge in [0.25, 0.3) is 0 Å². The Bertz CT molecular complexity index is 2680. The van der Waals surface area contributed by atoms with E-state index in [0.29, 0.717) is 10.8 Å². The Kier molecular flexibility index (Phi) is 6.99. The fourth-order valence-electron chi connectivity index (χ4n) is 7.23. The second kappa shape index (κ2) is 11.6. The Hall–Kier alpha value is -5.53. The Morgan fingerprint density at radius 2 is 0.878 bits per heavy atom. The second-order valence-corrected chi connectivity index (χ2v) is 17.7. The van der Waals surface area contributed by atoms with Gasteiger partial charge in [0.2, 0.25) is 0 Å². The van der Waals surface area contributed by atoms with Crippen LogP contribution in [0, 0.1) is 0 Å². The molecule has 0 aliphatic carbocycles. The van der Waals surface area contributed by atoms with E-state index in [0.717, 1.165) is 59.4 Å². The number of pyridine rings is 1. The summed E-state index contributed by atoms with van der Waals surface area (Å²) in [6, 6.07) is 59.4. The number of para-hydroxylation sites is 1. The molecule has 0 aliphatic rings. The molecule has 9 aromatic rings. The second-order valence-electron chi connectivity index (χ2n) is 12.2. The van der Waals surface area contributed by atoms with E-state index in [1.807, 2.05) is 158 Å². The van der Waals surface area contributed by atoms with Crippen molar-refractivity contribution in [2.24, 2.45) is 0 Å². The molecule has 7 aromatic carbocycles. The normalized spacial score (nSPS) is 12.2. The number of rotatable bonds is 6. The van der Waals surface area contributed by atoms with E-state index in [4.69, 9.17) is 4.98 Å². The third-order valence-corrected chi connectivity index (χ3v) is 15.7. The van der Waals surface area contributed by atoms with Crippen molar-refractivity contribution in [3.05, 3.63) is 182 Å². The number of imidazole rings is 1. The van der Waals surface area contributed by atoms with Crippen molar-refractivity contribution in [1.29, 1.82) is 0 Å². The highest BCUT2D eigenvalue weighted by molar-refractivity contribution is 7.86. The highest BCUT2D eigenvalue weighted by atomic mass is 31.2. The molecule has 49 heavy (non-hydrogen) atoms. The lowest BCUT2D eigenvalue weighted by Crippen LogP contribution is -2.25. The van der Waals surface area contributed by atoms with Crippen LogP contribution in [0.3, 0.4) is 0 Å². The lowest BCUT2D eigenvalue weighted by atomic mass is 10.1. The van der Waals surface area contributed by atoms with E-state index < -0.39 is 14.3 Å². The van der Waals surface area contributed by atoms with Crippen LogP contribution in [-0.2, 0) is 9.13 Å². The minimum absolute atomic E-state index is 0.691. The molecule has 0 amide bonds. The fraction of sp³-hybridized carbons (Fsp3) is 0. The van der Waals surface area contributed by atoms with E-state index >= 15 is 9.13 Å². The van der Waals surface area contributed by atoms with Gasteiger partial charge in [-0.05, 0) is 23.6 Å². The molecule has 6 heteroatoms.